The van der Waals surface area contributed by atoms with Crippen LogP contribution in [-0.4, -0.2) is 50.2 Å². The molecule has 0 aromatic carbocycles. The van der Waals surface area contributed by atoms with E-state index in [-0.39, 0.29) is 6.29 Å². The van der Waals surface area contributed by atoms with Gasteiger partial charge >= 0.3 is 0 Å². The zero-order chi connectivity index (χ0) is 18.6. The lowest BCUT2D eigenvalue weighted by Gasteiger charge is -2.39. The summed E-state index contributed by atoms with van der Waals surface area (Å²) < 4.78 is 13.7. The van der Waals surface area contributed by atoms with E-state index in [2.05, 4.69) is 40.0 Å². The standard InChI is InChI=1S/C23H40NO2/c1-18(2)9-8-10-20-11-12-22(19(3)15-20)23-25-17-21(26-23)16-24(4)13-6-5-7-14-24/h9,11,19,21-23H,5-8,10,12-17H2,1-4H3/q+1/t19-,21+,22+,23-/m1/s1. The smallest absolute Gasteiger partial charge is 0.161 e. The van der Waals surface area contributed by atoms with E-state index in [9.17, 15) is 0 Å². The van der Waals surface area contributed by atoms with Gasteiger partial charge in [0.05, 0.1) is 26.7 Å². The lowest BCUT2D eigenvalue weighted by Crippen LogP contribution is -2.52. The molecular weight excluding hydrogens is 322 g/mol. The molecule has 4 atom stereocenters. The van der Waals surface area contributed by atoms with Gasteiger partial charge in [0.25, 0.3) is 0 Å². The van der Waals surface area contributed by atoms with E-state index in [0.717, 1.165) is 19.6 Å². The summed E-state index contributed by atoms with van der Waals surface area (Å²) in [6.45, 7) is 11.3. The first kappa shape index (κ1) is 20.1. The number of ether oxygens (including phenoxy) is 2. The van der Waals surface area contributed by atoms with E-state index in [1.807, 2.05) is 0 Å². The molecule has 3 nitrogen and oxygen atoms in total. The highest BCUT2D eigenvalue weighted by atomic mass is 16.7. The van der Waals surface area contributed by atoms with Crippen LogP contribution in [0.3, 0.4) is 0 Å². The number of rotatable bonds is 6. The number of likely N-dealkylation sites (tertiary alicyclic amines) is 1. The van der Waals surface area contributed by atoms with Crippen molar-refractivity contribution < 1.29 is 14.0 Å². The molecule has 3 rings (SSSR count). The minimum atomic E-state index is 0.0157. The highest BCUT2D eigenvalue weighted by Crippen LogP contribution is 2.37. The van der Waals surface area contributed by atoms with Crippen LogP contribution in [0.5, 0.6) is 0 Å². The van der Waals surface area contributed by atoms with E-state index in [0.29, 0.717) is 17.9 Å². The largest absolute Gasteiger partial charge is 0.349 e. The number of likely N-dealkylation sites (N-methyl/N-ethyl adjacent to an activating group) is 1. The van der Waals surface area contributed by atoms with Crippen LogP contribution in [0.4, 0.5) is 0 Å². The van der Waals surface area contributed by atoms with Gasteiger partial charge in [0.2, 0.25) is 0 Å². The molecule has 148 valence electrons. The summed E-state index contributed by atoms with van der Waals surface area (Å²) in [4.78, 5) is 0. The summed E-state index contributed by atoms with van der Waals surface area (Å²) in [6.07, 6.45) is 14.0. The van der Waals surface area contributed by atoms with Crippen molar-refractivity contribution in [3.8, 4) is 0 Å². The van der Waals surface area contributed by atoms with Crippen LogP contribution in [0.25, 0.3) is 0 Å². The van der Waals surface area contributed by atoms with Gasteiger partial charge in [-0.15, -0.1) is 0 Å². The molecule has 2 heterocycles. The molecule has 1 aliphatic carbocycles. The fourth-order valence-corrected chi connectivity index (χ4v) is 5.05. The Morgan fingerprint density at radius 2 is 2.00 bits per heavy atom. The average molecular weight is 363 g/mol. The molecule has 0 unspecified atom stereocenters. The Bertz CT molecular complexity index is 514. The van der Waals surface area contributed by atoms with E-state index in [1.165, 1.54) is 61.7 Å². The third-order valence-electron chi connectivity index (χ3n) is 6.67. The minimum absolute atomic E-state index is 0.0157. The Kier molecular flexibility index (Phi) is 6.98. The summed E-state index contributed by atoms with van der Waals surface area (Å²) in [7, 11) is 2.40. The maximum absolute atomic E-state index is 6.41. The lowest BCUT2D eigenvalue weighted by atomic mass is 9.79. The molecule has 0 aromatic rings. The van der Waals surface area contributed by atoms with Crippen LogP contribution in [0, 0.1) is 11.8 Å². The van der Waals surface area contributed by atoms with Gasteiger partial charge in [0, 0.05) is 5.92 Å². The summed E-state index contributed by atoms with van der Waals surface area (Å²) in [6, 6.07) is 0. The van der Waals surface area contributed by atoms with Gasteiger partial charge in [-0.3, -0.25) is 0 Å². The highest BCUT2D eigenvalue weighted by Gasteiger charge is 2.40. The fourth-order valence-electron chi connectivity index (χ4n) is 5.05. The van der Waals surface area contributed by atoms with Crippen LogP contribution < -0.4 is 0 Å². The van der Waals surface area contributed by atoms with E-state index in [1.54, 1.807) is 5.57 Å². The maximum atomic E-state index is 6.41. The van der Waals surface area contributed by atoms with Crippen molar-refractivity contribution >= 4 is 0 Å². The van der Waals surface area contributed by atoms with Crippen molar-refractivity contribution in [3.05, 3.63) is 23.3 Å². The van der Waals surface area contributed by atoms with Crippen LogP contribution in [-0.2, 0) is 9.47 Å². The second kappa shape index (κ2) is 9.03. The SMILES string of the molecule is CC(C)=CCCC1=CC[C@H]([C@@H]2OC[C@H](C[N+]3(C)CCCCC3)O2)[C@H](C)C1. The molecule has 0 bridgehead atoms. The first-order valence-corrected chi connectivity index (χ1v) is 10.9. The van der Waals surface area contributed by atoms with Gasteiger partial charge < -0.3 is 14.0 Å². The van der Waals surface area contributed by atoms with Crippen molar-refractivity contribution in [1.29, 1.82) is 0 Å². The molecular formula is C23H40NO2+. The van der Waals surface area contributed by atoms with Gasteiger partial charge in [-0.2, -0.15) is 0 Å². The first-order chi connectivity index (χ1) is 12.5. The van der Waals surface area contributed by atoms with Gasteiger partial charge in [-0.25, -0.2) is 0 Å². The molecule has 2 aliphatic heterocycles. The number of hydrogen-bond acceptors (Lipinski definition) is 2. The summed E-state index contributed by atoms with van der Waals surface area (Å²) in [5.41, 5.74) is 3.06. The molecule has 26 heavy (non-hydrogen) atoms. The molecule has 2 saturated heterocycles. The van der Waals surface area contributed by atoms with Crippen LogP contribution in [0.15, 0.2) is 23.3 Å². The number of piperidine rings is 1. The Morgan fingerprint density at radius 3 is 2.69 bits per heavy atom. The Balaban J connectivity index is 1.48. The fraction of sp³-hybridized carbons (Fsp3) is 0.826. The van der Waals surface area contributed by atoms with Crippen molar-refractivity contribution in [1.82, 2.24) is 0 Å². The summed E-state index contributed by atoms with van der Waals surface area (Å²) in [5, 5.41) is 0. The second-order valence-electron chi connectivity index (χ2n) is 9.53. The van der Waals surface area contributed by atoms with Crippen molar-refractivity contribution in [2.24, 2.45) is 11.8 Å². The van der Waals surface area contributed by atoms with E-state index >= 15 is 0 Å². The topological polar surface area (TPSA) is 18.5 Å². The van der Waals surface area contributed by atoms with E-state index < -0.39 is 0 Å². The van der Waals surface area contributed by atoms with Crippen LogP contribution in [0.2, 0.25) is 0 Å². The number of allylic oxidation sites excluding steroid dienone is 4. The number of nitrogens with zero attached hydrogens (tertiary/aromatic N) is 1. The average Bonchev–Trinajstić information content (AvgIpc) is 3.02. The molecule has 3 aliphatic rings. The van der Waals surface area contributed by atoms with Crippen LogP contribution in [0.1, 0.15) is 65.7 Å². The first-order valence-electron chi connectivity index (χ1n) is 10.9. The van der Waals surface area contributed by atoms with Crippen molar-refractivity contribution in [3.63, 3.8) is 0 Å². The molecule has 0 N–H and O–H groups in total. The zero-order valence-electron chi connectivity index (χ0n) is 17.5. The van der Waals surface area contributed by atoms with Crippen molar-refractivity contribution in [2.45, 2.75) is 78.1 Å². The quantitative estimate of drug-likeness (QED) is 0.485. The van der Waals surface area contributed by atoms with Gasteiger partial charge in [-0.1, -0.05) is 30.2 Å². The molecule has 0 radical (unpaired) electrons. The van der Waals surface area contributed by atoms with Crippen molar-refractivity contribution in [2.75, 3.05) is 33.3 Å². The molecule has 0 amide bonds. The maximum Gasteiger partial charge on any atom is 0.161 e. The normalized spacial score (nSPS) is 34.4. The van der Waals surface area contributed by atoms with E-state index in [4.69, 9.17) is 9.47 Å². The monoisotopic (exact) mass is 362 g/mol. The highest BCUT2D eigenvalue weighted by molar-refractivity contribution is 5.10. The Morgan fingerprint density at radius 1 is 1.23 bits per heavy atom. The van der Waals surface area contributed by atoms with Gasteiger partial charge in [-0.05, 0) is 64.7 Å². The Hall–Kier alpha value is -0.640. The third kappa shape index (κ3) is 5.43. The Labute approximate surface area is 161 Å². The molecule has 2 fully saturated rings. The molecule has 0 saturated carbocycles. The molecule has 0 aromatic heterocycles. The number of quaternary nitrogens is 1. The predicted octanol–water partition coefficient (Wildman–Crippen LogP) is 5.08. The summed E-state index contributed by atoms with van der Waals surface area (Å²) >= 11 is 0. The van der Waals surface area contributed by atoms with Crippen LogP contribution >= 0.6 is 0 Å². The number of hydrogen-bond donors (Lipinski definition) is 0. The second-order valence-corrected chi connectivity index (χ2v) is 9.53. The molecule has 0 spiro atoms. The minimum Gasteiger partial charge on any atom is -0.349 e. The predicted molar refractivity (Wildman–Crippen MR) is 108 cm³/mol. The molecule has 3 heteroatoms. The lowest BCUT2D eigenvalue weighted by molar-refractivity contribution is -0.916. The van der Waals surface area contributed by atoms with Gasteiger partial charge in [0.1, 0.15) is 12.6 Å². The van der Waals surface area contributed by atoms with Gasteiger partial charge in [0.15, 0.2) is 6.29 Å². The zero-order valence-corrected chi connectivity index (χ0v) is 17.5. The third-order valence-corrected chi connectivity index (χ3v) is 6.67. The summed E-state index contributed by atoms with van der Waals surface area (Å²) in [5.74, 6) is 1.18.